The Morgan fingerprint density at radius 2 is 1.88 bits per heavy atom. The molecule has 0 unspecified atom stereocenters. The highest BCUT2D eigenvalue weighted by Crippen LogP contribution is 2.33. The normalized spacial score (nSPS) is 12.7. The summed E-state index contributed by atoms with van der Waals surface area (Å²) in [5.41, 5.74) is -2.10. The predicted molar refractivity (Wildman–Crippen MR) is 118 cm³/mol. The quantitative estimate of drug-likeness (QED) is 0.394. The number of imidazole rings is 1. The van der Waals surface area contributed by atoms with Crippen molar-refractivity contribution in [3.05, 3.63) is 34.4 Å². The Kier molecular flexibility index (Phi) is 6.37. The van der Waals surface area contributed by atoms with Crippen LogP contribution in [0.25, 0.3) is 22.6 Å². The van der Waals surface area contributed by atoms with E-state index in [4.69, 9.17) is 0 Å². The van der Waals surface area contributed by atoms with Crippen LogP contribution >= 0.6 is 0 Å². The van der Waals surface area contributed by atoms with Crippen molar-refractivity contribution in [1.29, 1.82) is 0 Å². The fourth-order valence-corrected chi connectivity index (χ4v) is 4.38. The molecule has 0 aliphatic rings. The average Bonchev–Trinajstić information content (AvgIpc) is 3.07. The number of aromatic nitrogens is 4. The highest BCUT2D eigenvalue weighted by molar-refractivity contribution is 7.91. The van der Waals surface area contributed by atoms with Gasteiger partial charge in [0.05, 0.1) is 34.4 Å². The van der Waals surface area contributed by atoms with E-state index in [1.54, 1.807) is 19.0 Å². The number of nitrogens with zero attached hydrogens (tertiary/aromatic N) is 6. The largest absolute Gasteiger partial charge is 0.431 e. The third kappa shape index (κ3) is 4.49. The minimum Gasteiger partial charge on any atom is -0.369 e. The molecule has 9 nitrogen and oxygen atoms in total. The van der Waals surface area contributed by atoms with Gasteiger partial charge < -0.3 is 14.0 Å². The number of hydrogen-bond donors (Lipinski definition) is 0. The molecule has 3 heterocycles. The molecule has 0 radical (unpaired) electrons. The molecule has 3 rings (SSSR count). The number of rotatable bonds is 6. The van der Waals surface area contributed by atoms with Crippen LogP contribution in [0.5, 0.6) is 0 Å². The highest BCUT2D eigenvalue weighted by atomic mass is 32.2. The second kappa shape index (κ2) is 8.61. The molecule has 0 fully saturated rings. The molecule has 0 saturated carbocycles. The summed E-state index contributed by atoms with van der Waals surface area (Å²) in [6.45, 7) is 2.69. The number of alkyl halides is 3. The summed E-state index contributed by atoms with van der Waals surface area (Å²) >= 11 is 0. The first kappa shape index (κ1) is 24.4. The van der Waals surface area contributed by atoms with E-state index < -0.39 is 27.3 Å². The molecule has 13 heteroatoms. The monoisotopic (exact) mass is 484 g/mol. The van der Waals surface area contributed by atoms with Crippen LogP contribution in [0.4, 0.5) is 18.9 Å². The van der Waals surface area contributed by atoms with E-state index in [1.807, 2.05) is 0 Å². The molecule has 0 saturated heterocycles. The summed E-state index contributed by atoms with van der Waals surface area (Å²) in [5, 5.41) is 0. The summed E-state index contributed by atoms with van der Waals surface area (Å²) in [7, 11) is 1.10. The Hall–Kier alpha value is -3.22. The molecule has 0 atom stereocenters. The lowest BCUT2D eigenvalue weighted by atomic mass is 10.3. The zero-order chi connectivity index (χ0) is 24.7. The maximum atomic E-state index is 13.5. The van der Waals surface area contributed by atoms with Crippen LogP contribution in [0.2, 0.25) is 0 Å². The topological polar surface area (TPSA) is 102 Å². The number of aryl methyl sites for hydroxylation is 1. The molecule has 0 aliphatic heterocycles. The van der Waals surface area contributed by atoms with Crippen molar-refractivity contribution >= 4 is 32.9 Å². The molecule has 0 N–H and O–H groups in total. The van der Waals surface area contributed by atoms with Gasteiger partial charge in [-0.1, -0.05) is 6.92 Å². The predicted octanol–water partition coefficient (Wildman–Crippen LogP) is 2.85. The minimum absolute atomic E-state index is 0.0424. The first-order valence-corrected chi connectivity index (χ1v) is 11.6. The molecule has 0 aromatic carbocycles. The fourth-order valence-electron chi connectivity index (χ4n) is 3.33. The zero-order valence-electron chi connectivity index (χ0n) is 18.7. The van der Waals surface area contributed by atoms with Crippen molar-refractivity contribution in [2.45, 2.75) is 31.5 Å². The van der Waals surface area contributed by atoms with Gasteiger partial charge in [0.25, 0.3) is 5.56 Å². The van der Waals surface area contributed by atoms with Gasteiger partial charge in [0.15, 0.2) is 15.7 Å². The van der Waals surface area contributed by atoms with E-state index in [0.717, 1.165) is 6.07 Å². The van der Waals surface area contributed by atoms with Crippen molar-refractivity contribution in [2.75, 3.05) is 19.8 Å². The van der Waals surface area contributed by atoms with Gasteiger partial charge in [-0.2, -0.15) is 13.2 Å². The van der Waals surface area contributed by atoms with Gasteiger partial charge >= 0.3 is 6.18 Å². The lowest BCUT2D eigenvalue weighted by Crippen LogP contribution is -2.28. The zero-order valence-corrected chi connectivity index (χ0v) is 19.5. The SMILES string of the molecule is CCn1c(C(F)(F)F)cc2nc(-c3ncc(N=CN(C)C)cc3S(=O)(=O)CC)n(C)c2c1=O. The van der Waals surface area contributed by atoms with Crippen LogP contribution in [0.3, 0.4) is 0 Å². The maximum absolute atomic E-state index is 13.5. The second-order valence-corrected chi connectivity index (χ2v) is 9.70. The Labute approximate surface area is 188 Å². The van der Waals surface area contributed by atoms with Gasteiger partial charge in [-0.3, -0.25) is 4.79 Å². The highest BCUT2D eigenvalue weighted by Gasteiger charge is 2.36. The molecule has 0 spiro atoms. The van der Waals surface area contributed by atoms with Crippen LogP contribution in [-0.4, -0.2) is 58.6 Å². The van der Waals surface area contributed by atoms with Crippen molar-refractivity contribution in [3.63, 3.8) is 0 Å². The van der Waals surface area contributed by atoms with Gasteiger partial charge in [-0.25, -0.2) is 23.4 Å². The third-order valence-corrected chi connectivity index (χ3v) is 6.69. The van der Waals surface area contributed by atoms with Gasteiger partial charge in [0, 0.05) is 27.7 Å². The number of sulfone groups is 1. The summed E-state index contributed by atoms with van der Waals surface area (Å²) in [6, 6.07) is 2.11. The molecule has 3 aromatic rings. The van der Waals surface area contributed by atoms with Crippen LogP contribution in [0, 0.1) is 0 Å². The maximum Gasteiger partial charge on any atom is 0.431 e. The van der Waals surface area contributed by atoms with Crippen molar-refractivity contribution in [3.8, 4) is 11.5 Å². The van der Waals surface area contributed by atoms with Crippen LogP contribution in [-0.2, 0) is 29.6 Å². The fraction of sp³-hybridized carbons (Fsp3) is 0.400. The lowest BCUT2D eigenvalue weighted by molar-refractivity contribution is -0.144. The Balaban J connectivity index is 2.36. The standard InChI is InChI=1S/C20H23F3N6O3S/c1-6-29-15(20(21,22)23)9-13-17(19(29)30)28(5)18(26-13)16-14(33(31,32)7-2)8-12(10-24-16)25-11-27(3)4/h8-11H,6-7H2,1-5H3. The summed E-state index contributed by atoms with van der Waals surface area (Å²) < 4.78 is 68.0. The van der Waals surface area contributed by atoms with E-state index in [9.17, 15) is 26.4 Å². The first-order valence-electron chi connectivity index (χ1n) is 9.93. The summed E-state index contributed by atoms with van der Waals surface area (Å²) in [5.74, 6) is -0.285. The number of fused-ring (bicyclic) bond motifs is 1. The van der Waals surface area contributed by atoms with Crippen LogP contribution in [0.1, 0.15) is 19.5 Å². The van der Waals surface area contributed by atoms with Gasteiger partial charge in [0.2, 0.25) is 0 Å². The first-order chi connectivity index (χ1) is 15.3. The molecular formula is C20H23F3N6O3S. The second-order valence-electron chi connectivity index (χ2n) is 7.46. The number of pyridine rings is 2. The third-order valence-electron chi connectivity index (χ3n) is 4.94. The molecule has 0 aliphatic carbocycles. The number of halogens is 3. The van der Waals surface area contributed by atoms with E-state index in [1.165, 1.54) is 44.1 Å². The molecule has 0 amide bonds. The average molecular weight is 485 g/mol. The van der Waals surface area contributed by atoms with Gasteiger partial charge in [0.1, 0.15) is 16.9 Å². The van der Waals surface area contributed by atoms with Crippen molar-refractivity contribution < 1.29 is 21.6 Å². The lowest BCUT2D eigenvalue weighted by Gasteiger charge is -2.14. The van der Waals surface area contributed by atoms with E-state index in [2.05, 4.69) is 15.0 Å². The minimum atomic E-state index is -4.76. The van der Waals surface area contributed by atoms with Gasteiger partial charge in [-0.15, -0.1) is 0 Å². The van der Waals surface area contributed by atoms with Crippen LogP contribution in [0.15, 0.2) is 33.0 Å². The Morgan fingerprint density at radius 1 is 1.21 bits per heavy atom. The summed E-state index contributed by atoms with van der Waals surface area (Å²) in [6.07, 6.45) is -1.96. The van der Waals surface area contributed by atoms with Crippen molar-refractivity contribution in [2.24, 2.45) is 12.0 Å². The number of hydrogen-bond acceptors (Lipinski definition) is 6. The van der Waals surface area contributed by atoms with Gasteiger partial charge in [-0.05, 0) is 19.1 Å². The van der Waals surface area contributed by atoms with E-state index >= 15 is 0 Å². The molecule has 0 bridgehead atoms. The Morgan fingerprint density at radius 3 is 2.42 bits per heavy atom. The Bertz CT molecular complexity index is 1410. The molecule has 178 valence electrons. The van der Waals surface area contributed by atoms with E-state index in [0.29, 0.717) is 4.57 Å². The van der Waals surface area contributed by atoms with E-state index in [-0.39, 0.29) is 45.4 Å². The molecule has 33 heavy (non-hydrogen) atoms. The molecular weight excluding hydrogens is 461 g/mol. The summed E-state index contributed by atoms with van der Waals surface area (Å²) in [4.78, 5) is 26.9. The van der Waals surface area contributed by atoms with Crippen molar-refractivity contribution in [1.82, 2.24) is 24.0 Å². The smallest absolute Gasteiger partial charge is 0.369 e. The number of aliphatic imine (C=N–C) groups is 1. The molecule has 3 aromatic heterocycles. The van der Waals surface area contributed by atoms with Crippen LogP contribution < -0.4 is 5.56 Å².